The molecular formula is C25H21N5O5S2. The summed E-state index contributed by atoms with van der Waals surface area (Å²) in [6.45, 7) is 0.380. The lowest BCUT2D eigenvalue weighted by Crippen LogP contribution is -2.27. The Morgan fingerprint density at radius 2 is 1.76 bits per heavy atom. The standard InChI is InChI=1S/C25H21N5O5S2/c31-22-16-36-24(30(22)15-20-3-1-14-35-20)18-6-4-17(5-7-18)23(32)28-19-8-10-21(11-9-19)37(33,34)29-25-26-12-2-13-27-25/h1-14,24H,15-16H2,(H,28,32)(H,26,27,29)/t24-/m1/s1. The second-order valence-electron chi connectivity index (χ2n) is 8.04. The van der Waals surface area contributed by atoms with Gasteiger partial charge in [-0.05, 0) is 60.2 Å². The van der Waals surface area contributed by atoms with E-state index in [1.165, 1.54) is 48.4 Å². The number of hydrogen-bond donors (Lipinski definition) is 2. The zero-order chi connectivity index (χ0) is 25.8. The number of rotatable bonds is 8. The number of furan rings is 1. The van der Waals surface area contributed by atoms with Crippen LogP contribution in [0.3, 0.4) is 0 Å². The van der Waals surface area contributed by atoms with Crippen LogP contribution in [0.25, 0.3) is 0 Å². The lowest BCUT2D eigenvalue weighted by Gasteiger charge is -2.23. The smallest absolute Gasteiger partial charge is 0.264 e. The van der Waals surface area contributed by atoms with Crippen molar-refractivity contribution >= 4 is 45.2 Å². The number of aromatic nitrogens is 2. The molecule has 1 aliphatic rings. The highest BCUT2D eigenvalue weighted by atomic mass is 32.2. The lowest BCUT2D eigenvalue weighted by molar-refractivity contribution is -0.128. The molecule has 2 amide bonds. The zero-order valence-corrected chi connectivity index (χ0v) is 20.9. The van der Waals surface area contributed by atoms with E-state index in [-0.39, 0.29) is 28.0 Å². The summed E-state index contributed by atoms with van der Waals surface area (Å²) in [5, 5.41) is 2.59. The molecule has 1 atom stereocenters. The number of carbonyl (C=O) groups is 2. The van der Waals surface area contributed by atoms with Gasteiger partial charge in [0.2, 0.25) is 11.9 Å². The fraction of sp³-hybridized carbons (Fsp3) is 0.120. The molecule has 0 unspecified atom stereocenters. The van der Waals surface area contributed by atoms with Gasteiger partial charge in [0, 0.05) is 23.6 Å². The molecule has 0 spiro atoms. The van der Waals surface area contributed by atoms with Gasteiger partial charge >= 0.3 is 0 Å². The maximum atomic E-state index is 12.8. The van der Waals surface area contributed by atoms with E-state index in [1.54, 1.807) is 35.4 Å². The number of thioether (sulfide) groups is 1. The van der Waals surface area contributed by atoms with Crippen LogP contribution in [0.15, 0.2) is 94.7 Å². The summed E-state index contributed by atoms with van der Waals surface area (Å²) in [6.07, 6.45) is 4.44. The van der Waals surface area contributed by atoms with Crippen molar-refractivity contribution in [1.82, 2.24) is 14.9 Å². The maximum absolute atomic E-state index is 12.8. The lowest BCUT2D eigenvalue weighted by atomic mass is 10.1. The van der Waals surface area contributed by atoms with E-state index >= 15 is 0 Å². The Hall–Kier alpha value is -4.16. The van der Waals surface area contributed by atoms with Crippen LogP contribution in [0, 0.1) is 0 Å². The highest BCUT2D eigenvalue weighted by Crippen LogP contribution is 2.39. The van der Waals surface area contributed by atoms with E-state index in [0.29, 0.717) is 29.3 Å². The van der Waals surface area contributed by atoms with Crippen molar-refractivity contribution < 1.29 is 22.4 Å². The summed E-state index contributed by atoms with van der Waals surface area (Å²) in [7, 11) is -3.87. The zero-order valence-electron chi connectivity index (χ0n) is 19.3. The summed E-state index contributed by atoms with van der Waals surface area (Å²) >= 11 is 1.53. The van der Waals surface area contributed by atoms with Crippen molar-refractivity contribution in [3.63, 3.8) is 0 Å². The van der Waals surface area contributed by atoms with E-state index in [1.807, 2.05) is 18.2 Å². The second-order valence-corrected chi connectivity index (χ2v) is 10.8. The summed E-state index contributed by atoms with van der Waals surface area (Å²) in [5.74, 6) is 0.742. The molecule has 1 saturated heterocycles. The summed E-state index contributed by atoms with van der Waals surface area (Å²) in [5.41, 5.74) is 1.77. The third-order valence-electron chi connectivity index (χ3n) is 5.55. The predicted octanol–water partition coefficient (Wildman–Crippen LogP) is 3.90. The summed E-state index contributed by atoms with van der Waals surface area (Å²) in [4.78, 5) is 34.6. The van der Waals surface area contributed by atoms with E-state index in [2.05, 4.69) is 20.0 Å². The van der Waals surface area contributed by atoms with Gasteiger partial charge in [-0.3, -0.25) is 9.59 Å². The van der Waals surface area contributed by atoms with Gasteiger partial charge in [-0.1, -0.05) is 12.1 Å². The van der Waals surface area contributed by atoms with Crippen molar-refractivity contribution in [3.8, 4) is 0 Å². The molecule has 0 bridgehead atoms. The molecule has 0 radical (unpaired) electrons. The summed E-state index contributed by atoms with van der Waals surface area (Å²) < 4.78 is 32.7. The van der Waals surface area contributed by atoms with E-state index < -0.39 is 10.0 Å². The van der Waals surface area contributed by atoms with E-state index in [0.717, 1.165) is 5.56 Å². The number of sulfonamides is 1. The molecule has 0 saturated carbocycles. The Balaban J connectivity index is 1.23. The van der Waals surface area contributed by atoms with Gasteiger partial charge in [-0.15, -0.1) is 11.8 Å². The molecule has 5 rings (SSSR count). The molecule has 1 fully saturated rings. The third kappa shape index (κ3) is 5.65. The third-order valence-corrected chi connectivity index (χ3v) is 8.15. The van der Waals surface area contributed by atoms with Crippen molar-refractivity contribution in [3.05, 3.63) is 102 Å². The Bertz CT molecular complexity index is 1490. The Labute approximate surface area is 217 Å². The largest absolute Gasteiger partial charge is 0.467 e. The molecule has 12 heteroatoms. The SMILES string of the molecule is O=C(Nc1ccc(S(=O)(=O)Nc2ncccn2)cc1)c1ccc([C@H]2SCC(=O)N2Cc2ccco2)cc1. The molecule has 188 valence electrons. The molecule has 2 aromatic carbocycles. The number of nitrogens with zero attached hydrogens (tertiary/aromatic N) is 3. The second kappa shape index (κ2) is 10.4. The first-order chi connectivity index (χ1) is 17.9. The molecule has 10 nitrogen and oxygen atoms in total. The maximum Gasteiger partial charge on any atom is 0.264 e. The van der Waals surface area contributed by atoms with Crippen LogP contribution in [0.2, 0.25) is 0 Å². The number of hydrogen-bond acceptors (Lipinski definition) is 8. The number of amides is 2. The van der Waals surface area contributed by atoms with Crippen molar-refractivity contribution in [2.24, 2.45) is 0 Å². The number of carbonyl (C=O) groups excluding carboxylic acids is 2. The average Bonchev–Trinajstić information content (AvgIpc) is 3.55. The quantitative estimate of drug-likeness (QED) is 0.347. The normalized spacial score (nSPS) is 15.5. The van der Waals surface area contributed by atoms with Crippen LogP contribution in [-0.4, -0.2) is 40.9 Å². The highest BCUT2D eigenvalue weighted by Gasteiger charge is 2.33. The molecule has 1 aliphatic heterocycles. The van der Waals surface area contributed by atoms with Gasteiger partial charge in [-0.2, -0.15) is 0 Å². The monoisotopic (exact) mass is 535 g/mol. The van der Waals surface area contributed by atoms with Gasteiger partial charge in [0.25, 0.3) is 15.9 Å². The van der Waals surface area contributed by atoms with Crippen LogP contribution in [0.5, 0.6) is 0 Å². The minimum absolute atomic E-state index is 0.00465. The molecule has 3 heterocycles. The Morgan fingerprint density at radius 3 is 2.43 bits per heavy atom. The molecule has 2 aromatic heterocycles. The van der Waals surface area contributed by atoms with Crippen LogP contribution in [0.1, 0.15) is 27.1 Å². The Kier molecular flexibility index (Phi) is 6.93. The van der Waals surface area contributed by atoms with Gasteiger partial charge in [0.05, 0.1) is 23.5 Å². The minimum atomic E-state index is -3.87. The van der Waals surface area contributed by atoms with Crippen molar-refractivity contribution in [2.45, 2.75) is 16.8 Å². The fourth-order valence-corrected chi connectivity index (χ4v) is 5.87. The van der Waals surface area contributed by atoms with Gasteiger partial charge < -0.3 is 14.6 Å². The van der Waals surface area contributed by atoms with Gasteiger partial charge in [-0.25, -0.2) is 23.1 Å². The first kappa shape index (κ1) is 24.5. The van der Waals surface area contributed by atoms with Crippen LogP contribution >= 0.6 is 11.8 Å². The Morgan fingerprint density at radius 1 is 1.03 bits per heavy atom. The first-order valence-electron chi connectivity index (χ1n) is 11.1. The molecular weight excluding hydrogens is 514 g/mol. The fourth-order valence-electron chi connectivity index (χ4n) is 3.72. The average molecular weight is 536 g/mol. The predicted molar refractivity (Wildman–Crippen MR) is 138 cm³/mol. The molecule has 37 heavy (non-hydrogen) atoms. The van der Waals surface area contributed by atoms with E-state index in [9.17, 15) is 18.0 Å². The number of benzene rings is 2. The number of nitrogens with one attached hydrogen (secondary N) is 2. The van der Waals surface area contributed by atoms with Crippen molar-refractivity contribution in [2.75, 3.05) is 15.8 Å². The van der Waals surface area contributed by atoms with Crippen LogP contribution < -0.4 is 10.0 Å². The van der Waals surface area contributed by atoms with Gasteiger partial charge in [0.15, 0.2) is 0 Å². The van der Waals surface area contributed by atoms with Crippen LogP contribution in [-0.2, 0) is 21.4 Å². The topological polar surface area (TPSA) is 134 Å². The minimum Gasteiger partial charge on any atom is -0.467 e. The van der Waals surface area contributed by atoms with Crippen LogP contribution in [0.4, 0.5) is 11.6 Å². The molecule has 2 N–H and O–H groups in total. The molecule has 0 aliphatic carbocycles. The first-order valence-corrected chi connectivity index (χ1v) is 13.7. The van der Waals surface area contributed by atoms with E-state index in [4.69, 9.17) is 4.42 Å². The van der Waals surface area contributed by atoms with Gasteiger partial charge in [0.1, 0.15) is 11.1 Å². The number of anilines is 2. The van der Waals surface area contributed by atoms with Crippen molar-refractivity contribution in [1.29, 1.82) is 0 Å². The summed E-state index contributed by atoms with van der Waals surface area (Å²) in [6, 6.07) is 18.0. The molecule has 4 aromatic rings. The highest BCUT2D eigenvalue weighted by molar-refractivity contribution is 8.00.